The van der Waals surface area contributed by atoms with Gasteiger partial charge in [0.1, 0.15) is 0 Å². The standard InChI is InChI=1S/C10H10O4.ClH/c11-9(12)5-7-1-2-8(4-3-7)6-10(13)14;/h1-4H,5-6H2,(H,11,12)(H,13,14);1H. The van der Waals surface area contributed by atoms with Crippen molar-refractivity contribution in [2.45, 2.75) is 12.8 Å². The molecule has 1 aromatic rings. The van der Waals surface area contributed by atoms with Crippen LogP contribution in [0.5, 0.6) is 0 Å². The Kier molecular flexibility index (Phi) is 5.41. The summed E-state index contributed by atoms with van der Waals surface area (Å²) in [4.78, 5) is 20.7. The van der Waals surface area contributed by atoms with Gasteiger partial charge in [0.2, 0.25) is 0 Å². The van der Waals surface area contributed by atoms with E-state index in [4.69, 9.17) is 10.2 Å². The Bertz CT molecular complexity index is 310. The highest BCUT2D eigenvalue weighted by molar-refractivity contribution is 5.85. The van der Waals surface area contributed by atoms with Crippen molar-refractivity contribution in [3.63, 3.8) is 0 Å². The molecule has 0 aliphatic carbocycles. The van der Waals surface area contributed by atoms with Crippen LogP contribution in [-0.2, 0) is 22.4 Å². The Morgan fingerprint density at radius 1 is 0.867 bits per heavy atom. The molecule has 4 nitrogen and oxygen atoms in total. The fraction of sp³-hybridized carbons (Fsp3) is 0.200. The van der Waals surface area contributed by atoms with E-state index in [0.717, 1.165) is 0 Å². The molecule has 15 heavy (non-hydrogen) atoms. The molecule has 2 N–H and O–H groups in total. The van der Waals surface area contributed by atoms with Crippen molar-refractivity contribution < 1.29 is 19.8 Å². The molecule has 5 heteroatoms. The molecule has 1 rings (SSSR count). The van der Waals surface area contributed by atoms with Crippen LogP contribution in [0.2, 0.25) is 0 Å². The predicted molar refractivity (Wildman–Crippen MR) is 56.4 cm³/mol. The van der Waals surface area contributed by atoms with Gasteiger partial charge in [-0.2, -0.15) is 0 Å². The topological polar surface area (TPSA) is 74.6 Å². The summed E-state index contributed by atoms with van der Waals surface area (Å²) in [6.45, 7) is 0. The number of halogens is 1. The lowest BCUT2D eigenvalue weighted by Crippen LogP contribution is -2.02. The Balaban J connectivity index is 0.00000196. The van der Waals surface area contributed by atoms with Crippen LogP contribution < -0.4 is 0 Å². The highest BCUT2D eigenvalue weighted by Crippen LogP contribution is 2.05. The molecule has 0 heterocycles. The van der Waals surface area contributed by atoms with E-state index in [9.17, 15) is 9.59 Å². The minimum Gasteiger partial charge on any atom is -0.481 e. The second-order valence-electron chi connectivity index (χ2n) is 2.96. The lowest BCUT2D eigenvalue weighted by Gasteiger charge is -1.99. The molecular formula is C10H11ClO4. The maximum absolute atomic E-state index is 10.3. The van der Waals surface area contributed by atoms with E-state index in [1.54, 1.807) is 24.3 Å². The van der Waals surface area contributed by atoms with Crippen LogP contribution in [0.25, 0.3) is 0 Å². The van der Waals surface area contributed by atoms with E-state index in [-0.39, 0.29) is 25.2 Å². The summed E-state index contributed by atoms with van der Waals surface area (Å²) in [5, 5.41) is 17.0. The first kappa shape index (κ1) is 13.4. The van der Waals surface area contributed by atoms with Gasteiger partial charge in [0.15, 0.2) is 0 Å². The van der Waals surface area contributed by atoms with Gasteiger partial charge in [-0.25, -0.2) is 0 Å². The highest BCUT2D eigenvalue weighted by atomic mass is 35.5. The molecule has 0 aliphatic rings. The molecule has 0 atom stereocenters. The van der Waals surface area contributed by atoms with Gasteiger partial charge < -0.3 is 10.2 Å². The van der Waals surface area contributed by atoms with Crippen molar-refractivity contribution in [2.75, 3.05) is 0 Å². The van der Waals surface area contributed by atoms with Crippen LogP contribution in [0.4, 0.5) is 0 Å². The summed E-state index contributed by atoms with van der Waals surface area (Å²) in [7, 11) is 0. The molecule has 1 aromatic carbocycles. The zero-order valence-electron chi connectivity index (χ0n) is 7.84. The van der Waals surface area contributed by atoms with Crippen molar-refractivity contribution in [2.24, 2.45) is 0 Å². The molecule has 0 spiro atoms. The molecular weight excluding hydrogens is 220 g/mol. The molecule has 0 aromatic heterocycles. The Morgan fingerprint density at radius 3 is 1.33 bits per heavy atom. The summed E-state index contributed by atoms with van der Waals surface area (Å²) in [6, 6.07) is 6.53. The fourth-order valence-corrected chi connectivity index (χ4v) is 1.12. The lowest BCUT2D eigenvalue weighted by molar-refractivity contribution is -0.137. The largest absolute Gasteiger partial charge is 0.481 e. The normalized spacial score (nSPS) is 9.07. The third kappa shape index (κ3) is 5.02. The van der Waals surface area contributed by atoms with Gasteiger partial charge in [0, 0.05) is 0 Å². The number of benzene rings is 1. The van der Waals surface area contributed by atoms with Crippen LogP contribution in [0.3, 0.4) is 0 Å². The minimum absolute atomic E-state index is 0. The number of carboxylic acids is 2. The summed E-state index contributed by atoms with van der Waals surface area (Å²) >= 11 is 0. The number of aliphatic carboxylic acids is 2. The third-order valence-corrected chi connectivity index (χ3v) is 1.73. The molecule has 0 bridgehead atoms. The summed E-state index contributed by atoms with van der Waals surface area (Å²) in [6.07, 6.45) is -0.0687. The summed E-state index contributed by atoms with van der Waals surface area (Å²) in [5.74, 6) is -1.79. The average Bonchev–Trinajstić information content (AvgIpc) is 2.06. The van der Waals surface area contributed by atoms with Gasteiger partial charge in [-0.3, -0.25) is 9.59 Å². The highest BCUT2D eigenvalue weighted by Gasteiger charge is 2.02. The van der Waals surface area contributed by atoms with Crippen molar-refractivity contribution in [3.8, 4) is 0 Å². The van der Waals surface area contributed by atoms with E-state index in [2.05, 4.69) is 0 Å². The zero-order chi connectivity index (χ0) is 10.6. The summed E-state index contributed by atoms with van der Waals surface area (Å²) in [5.41, 5.74) is 1.35. The van der Waals surface area contributed by atoms with E-state index in [1.807, 2.05) is 0 Å². The van der Waals surface area contributed by atoms with Crippen molar-refractivity contribution in [1.29, 1.82) is 0 Å². The smallest absolute Gasteiger partial charge is 0.307 e. The minimum atomic E-state index is -0.893. The van der Waals surface area contributed by atoms with E-state index >= 15 is 0 Å². The first-order chi connectivity index (χ1) is 6.58. The maximum Gasteiger partial charge on any atom is 0.307 e. The van der Waals surface area contributed by atoms with Gasteiger partial charge >= 0.3 is 11.9 Å². The van der Waals surface area contributed by atoms with Crippen molar-refractivity contribution in [3.05, 3.63) is 35.4 Å². The quantitative estimate of drug-likeness (QED) is 0.819. The number of carbonyl (C=O) groups is 2. The van der Waals surface area contributed by atoms with Crippen LogP contribution >= 0.6 is 12.4 Å². The van der Waals surface area contributed by atoms with Gasteiger partial charge in [-0.05, 0) is 11.1 Å². The number of hydrogen-bond acceptors (Lipinski definition) is 2. The second-order valence-corrected chi connectivity index (χ2v) is 2.96. The Hall–Kier alpha value is -1.55. The molecule has 0 unspecified atom stereocenters. The van der Waals surface area contributed by atoms with Crippen LogP contribution in [0.15, 0.2) is 24.3 Å². The monoisotopic (exact) mass is 230 g/mol. The Morgan fingerprint density at radius 2 is 1.13 bits per heavy atom. The molecule has 0 fully saturated rings. The number of rotatable bonds is 4. The molecule has 0 saturated heterocycles. The Labute approximate surface area is 93.0 Å². The number of carboxylic acid groups (broad SMARTS) is 2. The van der Waals surface area contributed by atoms with Crippen molar-refractivity contribution in [1.82, 2.24) is 0 Å². The van der Waals surface area contributed by atoms with Gasteiger partial charge in [0.25, 0.3) is 0 Å². The molecule has 0 saturated carbocycles. The first-order valence-corrected chi connectivity index (χ1v) is 4.09. The maximum atomic E-state index is 10.3. The lowest BCUT2D eigenvalue weighted by atomic mass is 10.1. The average molecular weight is 231 g/mol. The second kappa shape index (κ2) is 6.03. The number of hydrogen-bond donors (Lipinski definition) is 2. The SMILES string of the molecule is Cl.O=C(O)Cc1ccc(CC(=O)O)cc1. The molecule has 82 valence electrons. The van der Waals surface area contributed by atoms with Crippen LogP contribution in [-0.4, -0.2) is 22.2 Å². The van der Waals surface area contributed by atoms with Gasteiger partial charge in [-0.15, -0.1) is 12.4 Å². The van der Waals surface area contributed by atoms with Gasteiger partial charge in [-0.1, -0.05) is 24.3 Å². The summed E-state index contributed by atoms with van der Waals surface area (Å²) < 4.78 is 0. The van der Waals surface area contributed by atoms with E-state index in [1.165, 1.54) is 0 Å². The van der Waals surface area contributed by atoms with E-state index < -0.39 is 11.9 Å². The predicted octanol–water partition coefficient (Wildman–Crippen LogP) is 1.36. The van der Waals surface area contributed by atoms with Crippen LogP contribution in [0.1, 0.15) is 11.1 Å². The van der Waals surface area contributed by atoms with Crippen LogP contribution in [0, 0.1) is 0 Å². The molecule has 0 radical (unpaired) electrons. The fourth-order valence-electron chi connectivity index (χ4n) is 1.12. The zero-order valence-corrected chi connectivity index (χ0v) is 8.66. The van der Waals surface area contributed by atoms with Gasteiger partial charge in [0.05, 0.1) is 12.8 Å². The molecule has 0 amide bonds. The van der Waals surface area contributed by atoms with E-state index in [0.29, 0.717) is 11.1 Å². The molecule has 0 aliphatic heterocycles. The first-order valence-electron chi connectivity index (χ1n) is 4.09. The van der Waals surface area contributed by atoms with Crippen molar-refractivity contribution >= 4 is 24.3 Å². The third-order valence-electron chi connectivity index (χ3n) is 1.73.